The Morgan fingerprint density at radius 2 is 1.08 bits per heavy atom. The molecule has 0 saturated heterocycles. The van der Waals surface area contributed by atoms with Gasteiger partial charge in [0.2, 0.25) is 23.6 Å². The SMILES string of the molecule is NC(=O)C1=CN(Cc2ccccc2)C(C2C(C(N)=O)=CN(Cc3ccccc3)C=C2C(N)=O)C(C(N)=O)=C1. The predicted molar refractivity (Wildman–Crippen MR) is 140 cm³/mol. The Morgan fingerprint density at radius 1 is 0.605 bits per heavy atom. The molecule has 4 rings (SSSR count). The van der Waals surface area contributed by atoms with Crippen molar-refractivity contribution in [2.24, 2.45) is 28.9 Å². The molecule has 2 aromatic carbocycles. The third-order valence-corrected chi connectivity index (χ3v) is 6.44. The third kappa shape index (κ3) is 5.49. The summed E-state index contributed by atoms with van der Waals surface area (Å²) in [7, 11) is 0. The van der Waals surface area contributed by atoms with E-state index >= 15 is 0 Å². The van der Waals surface area contributed by atoms with Gasteiger partial charge in [-0.25, -0.2) is 0 Å². The summed E-state index contributed by atoms with van der Waals surface area (Å²) in [6.07, 6.45) is 5.85. The Balaban J connectivity index is 1.85. The molecule has 0 radical (unpaired) electrons. The third-order valence-electron chi connectivity index (χ3n) is 6.44. The van der Waals surface area contributed by atoms with Crippen molar-refractivity contribution in [2.45, 2.75) is 19.1 Å². The summed E-state index contributed by atoms with van der Waals surface area (Å²) in [6.45, 7) is 0.541. The molecule has 0 aliphatic carbocycles. The fraction of sp³-hybridized carbons (Fsp3) is 0.143. The highest BCUT2D eigenvalue weighted by molar-refractivity contribution is 6.03. The zero-order valence-corrected chi connectivity index (χ0v) is 20.5. The molecule has 0 bridgehead atoms. The van der Waals surface area contributed by atoms with Crippen LogP contribution < -0.4 is 22.9 Å². The summed E-state index contributed by atoms with van der Waals surface area (Å²) in [5.41, 5.74) is 24.8. The first-order valence-corrected chi connectivity index (χ1v) is 11.8. The minimum atomic E-state index is -1.05. The lowest BCUT2D eigenvalue weighted by Crippen LogP contribution is -2.50. The summed E-state index contributed by atoms with van der Waals surface area (Å²) < 4.78 is 0. The lowest BCUT2D eigenvalue weighted by Gasteiger charge is -2.42. The second-order valence-electron chi connectivity index (χ2n) is 9.05. The van der Waals surface area contributed by atoms with Gasteiger partial charge in [0, 0.05) is 54.3 Å². The standard InChI is InChI=1S/C28H28N6O4/c29-25(35)19-11-20(26(30)36)24(34(14-19)13-18-9-5-2-6-10-18)23-21(27(31)37)15-33(16-22(23)28(32)38)12-17-7-3-1-4-8-17/h1-11,14-16,23-24H,12-13H2,(H2,29,35)(H2,30,36)(H2,31,37)(H2,32,38). The maximum atomic E-state index is 12.8. The van der Waals surface area contributed by atoms with Crippen molar-refractivity contribution in [1.82, 2.24) is 9.80 Å². The van der Waals surface area contributed by atoms with Crippen molar-refractivity contribution in [3.8, 4) is 0 Å². The van der Waals surface area contributed by atoms with Gasteiger partial charge < -0.3 is 32.7 Å². The average Bonchev–Trinajstić information content (AvgIpc) is 2.89. The molecule has 194 valence electrons. The smallest absolute Gasteiger partial charge is 0.250 e. The van der Waals surface area contributed by atoms with Crippen molar-refractivity contribution >= 4 is 23.6 Å². The minimum absolute atomic E-state index is 0.0157. The fourth-order valence-corrected chi connectivity index (χ4v) is 4.77. The van der Waals surface area contributed by atoms with Gasteiger partial charge in [-0.05, 0) is 17.2 Å². The quantitative estimate of drug-likeness (QED) is 0.380. The average molecular weight is 513 g/mol. The fourth-order valence-electron chi connectivity index (χ4n) is 4.77. The molecule has 2 aromatic rings. The highest BCUT2D eigenvalue weighted by atomic mass is 16.2. The van der Waals surface area contributed by atoms with Crippen LogP contribution in [0.3, 0.4) is 0 Å². The number of nitrogens with zero attached hydrogens (tertiary/aromatic N) is 2. The number of benzene rings is 2. The molecule has 4 amide bonds. The van der Waals surface area contributed by atoms with Gasteiger partial charge in [-0.2, -0.15) is 0 Å². The summed E-state index contributed by atoms with van der Waals surface area (Å²) in [6, 6.07) is 17.7. The first-order valence-electron chi connectivity index (χ1n) is 11.8. The van der Waals surface area contributed by atoms with Crippen LogP contribution in [-0.4, -0.2) is 39.5 Å². The topological polar surface area (TPSA) is 179 Å². The number of hydrogen-bond acceptors (Lipinski definition) is 6. The van der Waals surface area contributed by atoms with Gasteiger partial charge in [0.1, 0.15) is 0 Å². The largest absolute Gasteiger partial charge is 0.366 e. The van der Waals surface area contributed by atoms with E-state index in [0.29, 0.717) is 6.54 Å². The van der Waals surface area contributed by atoms with Crippen LogP contribution in [0, 0.1) is 5.92 Å². The first-order chi connectivity index (χ1) is 18.2. The number of primary amides is 4. The van der Waals surface area contributed by atoms with E-state index in [-0.39, 0.29) is 28.8 Å². The van der Waals surface area contributed by atoms with Crippen LogP contribution in [0.15, 0.2) is 108 Å². The van der Waals surface area contributed by atoms with Crippen LogP contribution >= 0.6 is 0 Å². The van der Waals surface area contributed by atoms with Gasteiger partial charge in [0.05, 0.1) is 11.6 Å². The van der Waals surface area contributed by atoms with E-state index in [9.17, 15) is 19.2 Å². The van der Waals surface area contributed by atoms with E-state index in [0.717, 1.165) is 11.1 Å². The van der Waals surface area contributed by atoms with Crippen LogP contribution in [-0.2, 0) is 32.3 Å². The lowest BCUT2D eigenvalue weighted by atomic mass is 9.76. The van der Waals surface area contributed by atoms with E-state index in [1.165, 1.54) is 12.3 Å². The maximum absolute atomic E-state index is 12.8. The van der Waals surface area contributed by atoms with Gasteiger partial charge >= 0.3 is 0 Å². The van der Waals surface area contributed by atoms with E-state index in [2.05, 4.69) is 0 Å². The van der Waals surface area contributed by atoms with Crippen LogP contribution in [0.5, 0.6) is 0 Å². The first kappa shape index (κ1) is 26.0. The molecule has 10 heteroatoms. The molecular formula is C28H28N6O4. The number of amides is 4. The Labute approximate surface area is 219 Å². The number of rotatable bonds is 9. The van der Waals surface area contributed by atoms with Crippen LogP contribution in [0.4, 0.5) is 0 Å². The van der Waals surface area contributed by atoms with Gasteiger partial charge in [-0.15, -0.1) is 0 Å². The summed E-state index contributed by atoms with van der Waals surface area (Å²) in [5, 5.41) is 0. The second-order valence-corrected chi connectivity index (χ2v) is 9.05. The molecule has 0 fully saturated rings. The molecule has 2 heterocycles. The molecule has 38 heavy (non-hydrogen) atoms. The van der Waals surface area contributed by atoms with Gasteiger partial charge in [-0.1, -0.05) is 60.7 Å². The van der Waals surface area contributed by atoms with E-state index in [4.69, 9.17) is 22.9 Å². The van der Waals surface area contributed by atoms with Crippen molar-refractivity contribution in [2.75, 3.05) is 0 Å². The van der Waals surface area contributed by atoms with Crippen molar-refractivity contribution in [3.63, 3.8) is 0 Å². The molecule has 1 atom stereocenters. The summed E-state index contributed by atoms with van der Waals surface area (Å²) in [4.78, 5) is 53.7. The molecule has 2 aliphatic rings. The van der Waals surface area contributed by atoms with E-state index in [1.807, 2.05) is 60.7 Å². The second kappa shape index (κ2) is 10.9. The minimum Gasteiger partial charge on any atom is -0.366 e. The maximum Gasteiger partial charge on any atom is 0.250 e. The highest BCUT2D eigenvalue weighted by Crippen LogP contribution is 2.38. The molecule has 2 aliphatic heterocycles. The molecule has 0 saturated carbocycles. The zero-order chi connectivity index (χ0) is 27.4. The summed E-state index contributed by atoms with van der Waals surface area (Å²) in [5.74, 6) is -4.26. The predicted octanol–water partition coefficient (Wildman–Crippen LogP) is 0.522. The number of carbonyl (C=O) groups is 4. The summed E-state index contributed by atoms with van der Waals surface area (Å²) >= 11 is 0. The molecule has 0 aromatic heterocycles. The number of hydrogen-bond donors (Lipinski definition) is 4. The molecule has 8 N–H and O–H groups in total. The highest BCUT2D eigenvalue weighted by Gasteiger charge is 2.43. The van der Waals surface area contributed by atoms with Gasteiger partial charge in [0.15, 0.2) is 0 Å². The molecular weight excluding hydrogens is 484 g/mol. The van der Waals surface area contributed by atoms with E-state index in [1.54, 1.807) is 22.2 Å². The Morgan fingerprint density at radius 3 is 1.53 bits per heavy atom. The van der Waals surface area contributed by atoms with Gasteiger partial charge in [0.25, 0.3) is 0 Å². The molecule has 1 unspecified atom stereocenters. The van der Waals surface area contributed by atoms with Crippen LogP contribution in [0.1, 0.15) is 11.1 Å². The van der Waals surface area contributed by atoms with Gasteiger partial charge in [-0.3, -0.25) is 19.2 Å². The number of carbonyl (C=O) groups excluding carboxylic acids is 4. The lowest BCUT2D eigenvalue weighted by molar-refractivity contribution is -0.118. The monoisotopic (exact) mass is 512 g/mol. The zero-order valence-electron chi connectivity index (χ0n) is 20.5. The number of nitrogens with two attached hydrogens (primary N) is 4. The Kier molecular flexibility index (Phi) is 7.43. The Bertz CT molecular complexity index is 1360. The Hall–Kier alpha value is -5.12. The van der Waals surface area contributed by atoms with Crippen LogP contribution in [0.2, 0.25) is 0 Å². The molecule has 10 nitrogen and oxygen atoms in total. The van der Waals surface area contributed by atoms with Crippen LogP contribution in [0.25, 0.3) is 0 Å². The molecule has 0 spiro atoms. The van der Waals surface area contributed by atoms with Crippen molar-refractivity contribution in [1.29, 1.82) is 0 Å². The van der Waals surface area contributed by atoms with Crippen molar-refractivity contribution in [3.05, 3.63) is 119 Å². The van der Waals surface area contributed by atoms with Crippen molar-refractivity contribution < 1.29 is 19.2 Å². The normalized spacial score (nSPS) is 17.6. The van der Waals surface area contributed by atoms with E-state index < -0.39 is 35.6 Å².